The van der Waals surface area contributed by atoms with Crippen molar-refractivity contribution < 1.29 is 9.59 Å². The highest BCUT2D eigenvalue weighted by Crippen LogP contribution is 2.36. The maximum absolute atomic E-state index is 12.7. The molecule has 3 aromatic carbocycles. The summed E-state index contributed by atoms with van der Waals surface area (Å²) in [6.45, 7) is 1.10. The smallest absolute Gasteiger partial charge is 0.251 e. The minimum Gasteiger partial charge on any atom is -0.348 e. The Morgan fingerprint density at radius 3 is 2.47 bits per heavy atom. The molecule has 0 aliphatic heterocycles. The molecular formula is C25H19N3O2. The average Bonchev–Trinajstić information content (AvgIpc) is 3.39. The van der Waals surface area contributed by atoms with Gasteiger partial charge in [0.05, 0.1) is 6.54 Å². The Kier molecular flexibility index (Phi) is 4.48. The van der Waals surface area contributed by atoms with Gasteiger partial charge in [-0.1, -0.05) is 54.6 Å². The van der Waals surface area contributed by atoms with Gasteiger partial charge >= 0.3 is 0 Å². The first-order valence-corrected chi connectivity index (χ1v) is 9.80. The van der Waals surface area contributed by atoms with Crippen molar-refractivity contribution in [1.82, 2.24) is 15.1 Å². The third kappa shape index (κ3) is 3.31. The lowest BCUT2D eigenvalue weighted by Crippen LogP contribution is -2.23. The van der Waals surface area contributed by atoms with E-state index in [4.69, 9.17) is 0 Å². The molecule has 0 saturated heterocycles. The van der Waals surface area contributed by atoms with Gasteiger partial charge in [-0.25, -0.2) is 0 Å². The van der Waals surface area contributed by atoms with Crippen LogP contribution in [0.1, 0.15) is 37.4 Å². The summed E-state index contributed by atoms with van der Waals surface area (Å²) in [5.74, 6) is -0.222. The molecule has 146 valence electrons. The number of nitrogens with zero attached hydrogens (tertiary/aromatic N) is 2. The number of amides is 1. The van der Waals surface area contributed by atoms with Crippen LogP contribution in [0.3, 0.4) is 0 Å². The van der Waals surface area contributed by atoms with Crippen LogP contribution in [0.15, 0.2) is 85.2 Å². The van der Waals surface area contributed by atoms with Crippen molar-refractivity contribution in [2.24, 2.45) is 0 Å². The molecule has 0 fully saturated rings. The number of carbonyl (C=O) groups is 2. The lowest BCUT2D eigenvalue weighted by molar-refractivity contribution is 0.0951. The second-order valence-electron chi connectivity index (χ2n) is 7.34. The first kappa shape index (κ1) is 18.1. The Hall–Kier alpha value is -3.99. The first-order chi connectivity index (χ1) is 14.7. The van der Waals surface area contributed by atoms with Crippen LogP contribution in [-0.4, -0.2) is 21.5 Å². The molecule has 4 aromatic rings. The first-order valence-electron chi connectivity index (χ1n) is 9.80. The summed E-state index contributed by atoms with van der Waals surface area (Å²) in [4.78, 5) is 25.4. The number of hydrogen-bond donors (Lipinski definition) is 1. The van der Waals surface area contributed by atoms with Crippen molar-refractivity contribution in [2.75, 3.05) is 0 Å². The van der Waals surface area contributed by atoms with Crippen molar-refractivity contribution in [2.45, 2.75) is 13.1 Å². The summed E-state index contributed by atoms with van der Waals surface area (Å²) in [6, 6.07) is 22.8. The quantitative estimate of drug-likeness (QED) is 0.490. The monoisotopic (exact) mass is 393 g/mol. The van der Waals surface area contributed by atoms with Gasteiger partial charge in [0.1, 0.15) is 0 Å². The third-order valence-corrected chi connectivity index (χ3v) is 5.34. The van der Waals surface area contributed by atoms with Crippen molar-refractivity contribution in [3.05, 3.63) is 113 Å². The molecule has 5 rings (SSSR count). The highest BCUT2D eigenvalue weighted by molar-refractivity contribution is 6.22. The summed E-state index contributed by atoms with van der Waals surface area (Å²) in [5.41, 5.74) is 5.72. The van der Waals surface area contributed by atoms with Crippen LogP contribution in [0.4, 0.5) is 0 Å². The van der Waals surface area contributed by atoms with Crippen molar-refractivity contribution >= 4 is 11.7 Å². The molecule has 0 atom stereocenters. The van der Waals surface area contributed by atoms with E-state index < -0.39 is 0 Å². The predicted molar refractivity (Wildman–Crippen MR) is 114 cm³/mol. The number of aromatic nitrogens is 2. The SMILES string of the molecule is O=C(NCc1cccc(Cn2cccn2)c1)c1ccc2c(c1)C(=O)c1ccccc1-2. The van der Waals surface area contributed by atoms with Crippen molar-refractivity contribution in [1.29, 1.82) is 0 Å². The fourth-order valence-corrected chi connectivity index (χ4v) is 3.87. The number of hydrogen-bond acceptors (Lipinski definition) is 3. The molecule has 1 aliphatic rings. The van der Waals surface area contributed by atoms with Crippen LogP contribution >= 0.6 is 0 Å². The molecule has 30 heavy (non-hydrogen) atoms. The standard InChI is InChI=1S/C25H19N3O2/c29-24-22-8-2-1-7-20(22)21-10-9-19(14-23(21)24)25(30)26-15-17-5-3-6-18(13-17)16-28-12-4-11-27-28/h1-14H,15-16H2,(H,26,30). The van der Waals surface area contributed by atoms with Crippen LogP contribution in [0.5, 0.6) is 0 Å². The molecule has 1 aromatic heterocycles. The van der Waals surface area contributed by atoms with Crippen LogP contribution in [0.2, 0.25) is 0 Å². The van der Waals surface area contributed by atoms with Gasteiger partial charge in [0.15, 0.2) is 5.78 Å². The van der Waals surface area contributed by atoms with E-state index in [1.807, 2.05) is 65.5 Å². The van der Waals surface area contributed by atoms with Crippen LogP contribution in [0.25, 0.3) is 11.1 Å². The van der Waals surface area contributed by atoms with E-state index in [-0.39, 0.29) is 11.7 Å². The molecule has 1 amide bonds. The molecule has 0 spiro atoms. The van der Waals surface area contributed by atoms with Gasteiger partial charge in [-0.15, -0.1) is 0 Å². The number of fused-ring (bicyclic) bond motifs is 3. The van der Waals surface area contributed by atoms with Gasteiger partial charge in [0, 0.05) is 35.6 Å². The number of nitrogens with one attached hydrogen (secondary N) is 1. The molecule has 1 heterocycles. The van der Waals surface area contributed by atoms with Gasteiger partial charge in [-0.3, -0.25) is 14.3 Å². The Labute approximate surface area is 174 Å². The molecule has 0 unspecified atom stereocenters. The zero-order chi connectivity index (χ0) is 20.5. The largest absolute Gasteiger partial charge is 0.348 e. The Bertz CT molecular complexity index is 1260. The summed E-state index contributed by atoms with van der Waals surface area (Å²) in [7, 11) is 0. The topological polar surface area (TPSA) is 64.0 Å². The fourth-order valence-electron chi connectivity index (χ4n) is 3.87. The fraction of sp³-hybridized carbons (Fsp3) is 0.0800. The minimum atomic E-state index is -0.195. The third-order valence-electron chi connectivity index (χ3n) is 5.34. The second-order valence-corrected chi connectivity index (χ2v) is 7.34. The summed E-state index contributed by atoms with van der Waals surface area (Å²) >= 11 is 0. The van der Waals surface area contributed by atoms with Gasteiger partial charge in [0.25, 0.3) is 5.91 Å². The molecule has 0 bridgehead atoms. The van der Waals surface area contributed by atoms with Gasteiger partial charge in [0.2, 0.25) is 0 Å². The minimum absolute atomic E-state index is 0.0263. The van der Waals surface area contributed by atoms with Crippen LogP contribution in [-0.2, 0) is 13.1 Å². The second kappa shape index (κ2) is 7.44. The van der Waals surface area contributed by atoms with E-state index >= 15 is 0 Å². The van der Waals surface area contributed by atoms with Crippen molar-refractivity contribution in [3.8, 4) is 11.1 Å². The van der Waals surface area contributed by atoms with E-state index in [2.05, 4.69) is 16.5 Å². The van der Waals surface area contributed by atoms with E-state index in [1.165, 1.54) is 0 Å². The summed E-state index contributed by atoms with van der Waals surface area (Å²) in [6.07, 6.45) is 3.67. The van der Waals surface area contributed by atoms with Crippen molar-refractivity contribution in [3.63, 3.8) is 0 Å². The number of rotatable bonds is 5. The Balaban J connectivity index is 1.30. The maximum atomic E-state index is 12.7. The molecule has 5 nitrogen and oxygen atoms in total. The summed E-state index contributed by atoms with van der Waals surface area (Å²) < 4.78 is 1.86. The maximum Gasteiger partial charge on any atom is 0.251 e. The molecule has 0 radical (unpaired) electrons. The number of carbonyl (C=O) groups excluding carboxylic acids is 2. The van der Waals surface area contributed by atoms with Gasteiger partial charge in [-0.05, 0) is 40.5 Å². The average molecular weight is 393 g/mol. The molecule has 1 N–H and O–H groups in total. The normalized spacial score (nSPS) is 11.8. The Morgan fingerprint density at radius 2 is 1.63 bits per heavy atom. The predicted octanol–water partition coefficient (Wildman–Crippen LogP) is 4.07. The highest BCUT2D eigenvalue weighted by Gasteiger charge is 2.26. The van der Waals surface area contributed by atoms with E-state index in [9.17, 15) is 9.59 Å². The number of benzene rings is 3. The van der Waals surface area contributed by atoms with Gasteiger partial charge in [-0.2, -0.15) is 5.10 Å². The lowest BCUT2D eigenvalue weighted by atomic mass is 10.0. The zero-order valence-corrected chi connectivity index (χ0v) is 16.2. The number of ketones is 1. The lowest BCUT2D eigenvalue weighted by Gasteiger charge is -2.09. The molecule has 5 heteroatoms. The van der Waals surface area contributed by atoms with E-state index in [1.54, 1.807) is 18.3 Å². The zero-order valence-electron chi connectivity index (χ0n) is 16.2. The van der Waals surface area contributed by atoms with Crippen LogP contribution in [0, 0.1) is 0 Å². The van der Waals surface area contributed by atoms with E-state index in [0.29, 0.717) is 29.8 Å². The Morgan fingerprint density at radius 1 is 0.833 bits per heavy atom. The van der Waals surface area contributed by atoms with Gasteiger partial charge < -0.3 is 5.32 Å². The molecule has 0 saturated carbocycles. The van der Waals surface area contributed by atoms with Crippen LogP contribution < -0.4 is 5.32 Å². The van der Waals surface area contributed by atoms with E-state index in [0.717, 1.165) is 22.3 Å². The molecular weight excluding hydrogens is 374 g/mol. The highest BCUT2D eigenvalue weighted by atomic mass is 16.1. The molecule has 1 aliphatic carbocycles. The summed E-state index contributed by atoms with van der Waals surface area (Å²) in [5, 5.41) is 7.18.